The summed E-state index contributed by atoms with van der Waals surface area (Å²) in [7, 11) is -2.57. The minimum Gasteiger partial charge on any atom is -0.352 e. The quantitative estimate of drug-likeness (QED) is 0.595. The summed E-state index contributed by atoms with van der Waals surface area (Å²) in [4.78, 5) is 12.3. The molecule has 0 unspecified atom stereocenters. The normalized spacial score (nSPS) is 11.3. The number of unbranched alkanes of at least 4 members (excludes halogenated alkanes) is 3. The first-order valence-electron chi connectivity index (χ1n) is 9.09. The van der Waals surface area contributed by atoms with Crippen molar-refractivity contribution >= 4 is 33.2 Å². The Bertz CT molecular complexity index is 918. The number of nitrogens with zero attached hydrogens (tertiary/aromatic N) is 1. The second-order valence-corrected chi connectivity index (χ2v) is 8.78. The van der Waals surface area contributed by atoms with E-state index in [-0.39, 0.29) is 15.5 Å². The van der Waals surface area contributed by atoms with Crippen molar-refractivity contribution in [2.75, 3.05) is 17.9 Å². The molecule has 8 heteroatoms. The van der Waals surface area contributed by atoms with Crippen molar-refractivity contribution in [3.8, 4) is 0 Å². The molecule has 0 bridgehead atoms. The average Bonchev–Trinajstić information content (AvgIpc) is 2.67. The van der Waals surface area contributed by atoms with Crippen LogP contribution < -0.4 is 9.62 Å². The molecule has 0 spiro atoms. The highest BCUT2D eigenvalue weighted by Crippen LogP contribution is 2.26. The van der Waals surface area contributed by atoms with E-state index in [1.54, 1.807) is 0 Å². The Hall–Kier alpha value is -2.12. The smallest absolute Gasteiger partial charge is 0.264 e. The van der Waals surface area contributed by atoms with E-state index in [2.05, 4.69) is 12.2 Å². The number of carbonyl (C=O) groups is 1. The number of nitrogens with one attached hydrogen (secondary N) is 1. The van der Waals surface area contributed by atoms with E-state index >= 15 is 0 Å². The Morgan fingerprint density at radius 2 is 1.79 bits per heavy atom. The summed E-state index contributed by atoms with van der Waals surface area (Å²) in [5, 5.41) is 2.95. The van der Waals surface area contributed by atoms with Crippen molar-refractivity contribution in [2.45, 2.75) is 37.5 Å². The van der Waals surface area contributed by atoms with Gasteiger partial charge in [0.15, 0.2) is 0 Å². The average molecular weight is 427 g/mol. The van der Waals surface area contributed by atoms with E-state index in [4.69, 9.17) is 11.6 Å². The molecule has 0 aliphatic carbocycles. The first-order valence-corrected chi connectivity index (χ1v) is 10.9. The van der Waals surface area contributed by atoms with Crippen molar-refractivity contribution in [1.82, 2.24) is 5.32 Å². The molecule has 152 valence electrons. The van der Waals surface area contributed by atoms with Gasteiger partial charge >= 0.3 is 0 Å². The molecule has 28 heavy (non-hydrogen) atoms. The van der Waals surface area contributed by atoms with Crippen LogP contribution in [0.15, 0.2) is 47.4 Å². The third-order valence-corrected chi connectivity index (χ3v) is 6.46. The third kappa shape index (κ3) is 5.45. The van der Waals surface area contributed by atoms with Crippen molar-refractivity contribution < 1.29 is 17.6 Å². The summed E-state index contributed by atoms with van der Waals surface area (Å²) in [5.74, 6) is -0.873. The summed E-state index contributed by atoms with van der Waals surface area (Å²) < 4.78 is 39.9. The number of sulfonamides is 1. The zero-order valence-electron chi connectivity index (χ0n) is 15.9. The highest BCUT2D eigenvalue weighted by atomic mass is 35.5. The summed E-state index contributed by atoms with van der Waals surface area (Å²) in [5.41, 5.74) is 0.406. The standard InChI is InChI=1S/C20H24ClFN2O3S/c1-3-4-5-6-13-23-20(25)18-14-17(11-12-19(18)21)28(26,27)24(2)16-9-7-15(22)8-10-16/h7-12,14H,3-6,13H2,1-2H3,(H,23,25). The number of rotatable bonds is 9. The number of hydrogen-bond acceptors (Lipinski definition) is 3. The van der Waals surface area contributed by atoms with Gasteiger partial charge < -0.3 is 5.32 Å². The second kappa shape index (κ2) is 9.89. The lowest BCUT2D eigenvalue weighted by atomic mass is 10.2. The number of halogens is 2. The van der Waals surface area contributed by atoms with Crippen molar-refractivity contribution in [2.24, 2.45) is 0 Å². The second-order valence-electron chi connectivity index (χ2n) is 6.41. The molecule has 2 aromatic carbocycles. The number of amides is 1. The van der Waals surface area contributed by atoms with Crippen molar-refractivity contribution in [1.29, 1.82) is 0 Å². The van der Waals surface area contributed by atoms with E-state index < -0.39 is 21.7 Å². The monoisotopic (exact) mass is 426 g/mol. The lowest BCUT2D eigenvalue weighted by Gasteiger charge is -2.20. The van der Waals surface area contributed by atoms with Gasteiger partial charge in [-0.1, -0.05) is 37.8 Å². The molecule has 0 radical (unpaired) electrons. The molecule has 1 N–H and O–H groups in total. The molecule has 0 saturated heterocycles. The summed E-state index contributed by atoms with van der Waals surface area (Å²) in [6, 6.07) is 9.09. The first-order chi connectivity index (χ1) is 13.3. The summed E-state index contributed by atoms with van der Waals surface area (Å²) >= 11 is 6.11. The Morgan fingerprint density at radius 3 is 2.43 bits per heavy atom. The maximum atomic E-state index is 13.1. The molecule has 2 rings (SSSR count). The van der Waals surface area contributed by atoms with Crippen LogP contribution in [0.2, 0.25) is 5.02 Å². The fraction of sp³-hybridized carbons (Fsp3) is 0.350. The fourth-order valence-electron chi connectivity index (χ4n) is 2.64. The van der Waals surface area contributed by atoms with Crippen LogP contribution in [0.5, 0.6) is 0 Å². The van der Waals surface area contributed by atoms with Crippen molar-refractivity contribution in [3.63, 3.8) is 0 Å². The maximum Gasteiger partial charge on any atom is 0.264 e. The van der Waals surface area contributed by atoms with E-state index in [9.17, 15) is 17.6 Å². The van der Waals surface area contributed by atoms with Crippen molar-refractivity contribution in [3.05, 3.63) is 58.9 Å². The highest BCUT2D eigenvalue weighted by molar-refractivity contribution is 7.92. The number of carbonyl (C=O) groups excluding carboxylic acids is 1. The van der Waals surface area contributed by atoms with Crippen LogP contribution in [0.4, 0.5) is 10.1 Å². The fourth-order valence-corrected chi connectivity index (χ4v) is 4.06. The van der Waals surface area contributed by atoms with Crippen LogP contribution in [0.3, 0.4) is 0 Å². The minimum atomic E-state index is -3.94. The van der Waals surface area contributed by atoms with Gasteiger partial charge in [-0.05, 0) is 48.9 Å². The van der Waals surface area contributed by atoms with Crippen LogP contribution in [0.25, 0.3) is 0 Å². The predicted molar refractivity (Wildman–Crippen MR) is 110 cm³/mol. The lowest BCUT2D eigenvalue weighted by Crippen LogP contribution is -2.28. The molecule has 0 aliphatic rings. The Morgan fingerprint density at radius 1 is 1.11 bits per heavy atom. The van der Waals surface area contributed by atoms with Gasteiger partial charge in [0.05, 0.1) is 21.2 Å². The number of anilines is 1. The van der Waals surface area contributed by atoms with Gasteiger partial charge in [0, 0.05) is 13.6 Å². The van der Waals surface area contributed by atoms with Gasteiger partial charge in [-0.3, -0.25) is 9.10 Å². The van der Waals surface area contributed by atoms with Gasteiger partial charge in [0.2, 0.25) is 0 Å². The van der Waals surface area contributed by atoms with Gasteiger partial charge in [0.25, 0.3) is 15.9 Å². The van der Waals surface area contributed by atoms with Gasteiger partial charge in [-0.15, -0.1) is 0 Å². The molecule has 0 fully saturated rings. The van der Waals surface area contributed by atoms with Crippen LogP contribution in [-0.2, 0) is 10.0 Å². The predicted octanol–water partition coefficient (Wildman–Crippen LogP) is 4.61. The maximum absolute atomic E-state index is 13.1. The molecule has 0 saturated carbocycles. The van der Waals surface area contributed by atoms with E-state index in [1.807, 2.05) is 0 Å². The van der Waals surface area contributed by atoms with E-state index in [0.717, 1.165) is 30.0 Å². The summed E-state index contributed by atoms with van der Waals surface area (Å²) in [6.45, 7) is 2.61. The van der Waals surface area contributed by atoms with Gasteiger partial charge in [-0.25, -0.2) is 12.8 Å². The molecule has 5 nitrogen and oxygen atoms in total. The molecular weight excluding hydrogens is 403 g/mol. The Kier molecular flexibility index (Phi) is 7.83. The molecule has 2 aromatic rings. The van der Waals surface area contributed by atoms with Crippen LogP contribution in [0.1, 0.15) is 43.0 Å². The lowest BCUT2D eigenvalue weighted by molar-refractivity contribution is 0.0953. The van der Waals surface area contributed by atoms with Crippen LogP contribution in [0, 0.1) is 5.82 Å². The van der Waals surface area contributed by atoms with Gasteiger partial charge in [-0.2, -0.15) is 0 Å². The SMILES string of the molecule is CCCCCCNC(=O)c1cc(S(=O)(=O)N(C)c2ccc(F)cc2)ccc1Cl. The molecule has 0 heterocycles. The molecule has 0 aromatic heterocycles. The highest BCUT2D eigenvalue weighted by Gasteiger charge is 2.23. The topological polar surface area (TPSA) is 66.5 Å². The number of benzene rings is 2. The molecule has 1 amide bonds. The number of hydrogen-bond donors (Lipinski definition) is 1. The van der Waals surface area contributed by atoms with Gasteiger partial charge in [0.1, 0.15) is 5.82 Å². The van der Waals surface area contributed by atoms with E-state index in [0.29, 0.717) is 12.2 Å². The molecular formula is C20H24ClFN2O3S. The first kappa shape index (κ1) is 22.2. The third-order valence-electron chi connectivity index (χ3n) is 4.35. The Labute approximate surface area is 170 Å². The minimum absolute atomic E-state index is 0.0696. The van der Waals surface area contributed by atoms with Crippen LogP contribution in [-0.4, -0.2) is 27.9 Å². The zero-order valence-corrected chi connectivity index (χ0v) is 17.5. The largest absolute Gasteiger partial charge is 0.352 e. The van der Waals surface area contributed by atoms with Crippen LogP contribution >= 0.6 is 11.6 Å². The molecule has 0 atom stereocenters. The summed E-state index contributed by atoms with van der Waals surface area (Å²) in [6.07, 6.45) is 4.06. The molecule has 0 aliphatic heterocycles. The zero-order chi connectivity index (χ0) is 20.7. The Balaban J connectivity index is 2.20. The van der Waals surface area contributed by atoms with E-state index in [1.165, 1.54) is 49.5 Å².